The highest BCUT2D eigenvalue weighted by atomic mass is 15.1. The first-order valence-electron chi connectivity index (χ1n) is 7.80. The van der Waals surface area contributed by atoms with Crippen LogP contribution in [0.3, 0.4) is 0 Å². The molecule has 0 bridgehead atoms. The van der Waals surface area contributed by atoms with Crippen LogP contribution >= 0.6 is 0 Å². The van der Waals surface area contributed by atoms with Crippen molar-refractivity contribution in [2.24, 2.45) is 0 Å². The van der Waals surface area contributed by atoms with Gasteiger partial charge in [0.1, 0.15) is 0 Å². The molecule has 2 rings (SSSR count). The number of hydrogen-bond acceptors (Lipinski definition) is 2. The zero-order valence-corrected chi connectivity index (χ0v) is 13.6. The summed E-state index contributed by atoms with van der Waals surface area (Å²) in [4.78, 5) is 4.13. The van der Waals surface area contributed by atoms with Crippen molar-refractivity contribution in [3.05, 3.63) is 54.1 Å². The number of nitrogens with one attached hydrogen (secondary N) is 1. The van der Waals surface area contributed by atoms with E-state index in [0.29, 0.717) is 6.04 Å². The van der Waals surface area contributed by atoms with E-state index in [4.69, 9.17) is 0 Å². The van der Waals surface area contributed by atoms with Crippen LogP contribution < -0.4 is 5.32 Å². The second kappa shape index (κ2) is 6.90. The standard InChI is InChI=1S/C18H27N3/c1-5-10-20-17(13-21-12-11-19-14-21)15-6-8-16(9-7-15)18(2,3)4/h6-9,11-12,14,17,20H,5,10,13H2,1-4H3. The van der Waals surface area contributed by atoms with E-state index in [9.17, 15) is 0 Å². The van der Waals surface area contributed by atoms with E-state index in [1.165, 1.54) is 11.1 Å². The lowest BCUT2D eigenvalue weighted by atomic mass is 9.86. The lowest BCUT2D eigenvalue weighted by molar-refractivity contribution is 0.462. The second-order valence-corrected chi connectivity index (χ2v) is 6.64. The lowest BCUT2D eigenvalue weighted by Crippen LogP contribution is -2.26. The SMILES string of the molecule is CCCNC(Cn1ccnc1)c1ccc(C(C)(C)C)cc1. The molecule has 0 radical (unpaired) electrons. The van der Waals surface area contributed by atoms with Crippen molar-refractivity contribution in [2.75, 3.05) is 6.54 Å². The third kappa shape index (κ3) is 4.43. The topological polar surface area (TPSA) is 29.9 Å². The molecule has 0 aliphatic rings. The summed E-state index contributed by atoms with van der Waals surface area (Å²) in [7, 11) is 0. The Bertz CT molecular complexity index is 521. The molecule has 1 aromatic heterocycles. The van der Waals surface area contributed by atoms with E-state index in [1.54, 1.807) is 0 Å². The lowest BCUT2D eigenvalue weighted by Gasteiger charge is -2.23. The number of nitrogens with zero attached hydrogens (tertiary/aromatic N) is 2. The molecule has 1 N–H and O–H groups in total. The average Bonchev–Trinajstić information content (AvgIpc) is 2.95. The van der Waals surface area contributed by atoms with Gasteiger partial charge in [0.15, 0.2) is 0 Å². The van der Waals surface area contributed by atoms with E-state index >= 15 is 0 Å². The van der Waals surface area contributed by atoms with Gasteiger partial charge in [-0.15, -0.1) is 0 Å². The summed E-state index contributed by atoms with van der Waals surface area (Å²) in [6, 6.07) is 9.34. The monoisotopic (exact) mass is 285 g/mol. The van der Waals surface area contributed by atoms with Crippen LogP contribution in [0.4, 0.5) is 0 Å². The Balaban J connectivity index is 2.15. The summed E-state index contributed by atoms with van der Waals surface area (Å²) in [5.41, 5.74) is 2.92. The molecule has 0 saturated carbocycles. The molecular weight excluding hydrogens is 258 g/mol. The Morgan fingerprint density at radius 1 is 1.19 bits per heavy atom. The summed E-state index contributed by atoms with van der Waals surface area (Å²) >= 11 is 0. The first kappa shape index (κ1) is 15.8. The van der Waals surface area contributed by atoms with Crippen molar-refractivity contribution >= 4 is 0 Å². The van der Waals surface area contributed by atoms with Crippen LogP contribution in [0.5, 0.6) is 0 Å². The minimum atomic E-state index is 0.204. The van der Waals surface area contributed by atoms with Gasteiger partial charge in [0, 0.05) is 18.9 Å². The third-order valence-corrected chi connectivity index (χ3v) is 3.77. The second-order valence-electron chi connectivity index (χ2n) is 6.64. The summed E-state index contributed by atoms with van der Waals surface area (Å²) < 4.78 is 2.13. The van der Waals surface area contributed by atoms with Crippen LogP contribution in [0.15, 0.2) is 43.0 Å². The van der Waals surface area contributed by atoms with Gasteiger partial charge in [0.2, 0.25) is 0 Å². The normalized spacial score (nSPS) is 13.3. The molecule has 3 nitrogen and oxygen atoms in total. The van der Waals surface area contributed by atoms with Crippen LogP contribution in [0.1, 0.15) is 51.3 Å². The molecule has 21 heavy (non-hydrogen) atoms. The fourth-order valence-electron chi connectivity index (χ4n) is 2.43. The van der Waals surface area contributed by atoms with Gasteiger partial charge in [-0.1, -0.05) is 52.0 Å². The number of imidazole rings is 1. The van der Waals surface area contributed by atoms with Crippen LogP contribution in [0.2, 0.25) is 0 Å². The molecule has 1 atom stereocenters. The predicted octanol–water partition coefficient (Wildman–Crippen LogP) is 3.92. The van der Waals surface area contributed by atoms with Gasteiger partial charge in [-0.2, -0.15) is 0 Å². The minimum Gasteiger partial charge on any atom is -0.336 e. The largest absolute Gasteiger partial charge is 0.336 e. The maximum Gasteiger partial charge on any atom is 0.0946 e. The van der Waals surface area contributed by atoms with Crippen molar-refractivity contribution < 1.29 is 0 Å². The molecule has 3 heteroatoms. The smallest absolute Gasteiger partial charge is 0.0946 e. The molecule has 1 unspecified atom stereocenters. The van der Waals surface area contributed by atoms with E-state index in [2.05, 4.69) is 66.8 Å². The zero-order chi connectivity index (χ0) is 15.3. The van der Waals surface area contributed by atoms with E-state index in [0.717, 1.165) is 19.5 Å². The third-order valence-electron chi connectivity index (χ3n) is 3.77. The Morgan fingerprint density at radius 3 is 2.43 bits per heavy atom. The molecule has 114 valence electrons. The number of benzene rings is 1. The number of rotatable bonds is 6. The Kier molecular flexibility index (Phi) is 5.18. The Hall–Kier alpha value is -1.61. The first-order chi connectivity index (χ1) is 10.0. The van der Waals surface area contributed by atoms with Gasteiger partial charge in [-0.3, -0.25) is 0 Å². The molecule has 0 aliphatic carbocycles. The number of hydrogen-bond donors (Lipinski definition) is 1. The van der Waals surface area contributed by atoms with Crippen LogP contribution in [-0.4, -0.2) is 16.1 Å². The maximum atomic E-state index is 4.13. The fraction of sp³-hybridized carbons (Fsp3) is 0.500. The van der Waals surface area contributed by atoms with Crippen molar-refractivity contribution in [2.45, 2.75) is 52.1 Å². The fourth-order valence-corrected chi connectivity index (χ4v) is 2.43. The maximum absolute atomic E-state index is 4.13. The molecule has 0 fully saturated rings. The zero-order valence-electron chi connectivity index (χ0n) is 13.6. The molecule has 0 saturated heterocycles. The van der Waals surface area contributed by atoms with E-state index < -0.39 is 0 Å². The molecule has 0 aliphatic heterocycles. The summed E-state index contributed by atoms with van der Waals surface area (Å²) in [6.07, 6.45) is 6.87. The highest BCUT2D eigenvalue weighted by Gasteiger charge is 2.15. The van der Waals surface area contributed by atoms with Crippen molar-refractivity contribution in [3.63, 3.8) is 0 Å². The van der Waals surface area contributed by atoms with Gasteiger partial charge in [-0.05, 0) is 29.5 Å². The van der Waals surface area contributed by atoms with Crippen LogP contribution in [0, 0.1) is 0 Å². The van der Waals surface area contributed by atoms with Gasteiger partial charge >= 0.3 is 0 Å². The van der Waals surface area contributed by atoms with Crippen molar-refractivity contribution in [1.82, 2.24) is 14.9 Å². The molecule has 0 spiro atoms. The highest BCUT2D eigenvalue weighted by Crippen LogP contribution is 2.24. The average molecular weight is 285 g/mol. The quantitative estimate of drug-likeness (QED) is 0.871. The molecule has 2 aromatic rings. The van der Waals surface area contributed by atoms with Crippen molar-refractivity contribution in [1.29, 1.82) is 0 Å². The summed E-state index contributed by atoms with van der Waals surface area (Å²) in [6.45, 7) is 10.9. The molecular formula is C18H27N3. The molecule has 1 aromatic carbocycles. The van der Waals surface area contributed by atoms with Gasteiger partial charge in [-0.25, -0.2) is 4.98 Å². The van der Waals surface area contributed by atoms with Gasteiger partial charge < -0.3 is 9.88 Å². The number of aromatic nitrogens is 2. The summed E-state index contributed by atoms with van der Waals surface area (Å²) in [5, 5.41) is 3.63. The molecule has 1 heterocycles. The van der Waals surface area contributed by atoms with Crippen LogP contribution in [0.25, 0.3) is 0 Å². The Morgan fingerprint density at radius 2 is 1.90 bits per heavy atom. The van der Waals surface area contributed by atoms with Gasteiger partial charge in [0.05, 0.1) is 12.4 Å². The van der Waals surface area contributed by atoms with Crippen molar-refractivity contribution in [3.8, 4) is 0 Å². The van der Waals surface area contributed by atoms with E-state index in [1.807, 2.05) is 18.7 Å². The molecule has 0 amide bonds. The summed E-state index contributed by atoms with van der Waals surface area (Å²) in [5.74, 6) is 0. The minimum absolute atomic E-state index is 0.204. The Labute approximate surface area is 128 Å². The predicted molar refractivity (Wildman–Crippen MR) is 88.4 cm³/mol. The van der Waals surface area contributed by atoms with Crippen LogP contribution in [-0.2, 0) is 12.0 Å². The highest BCUT2D eigenvalue weighted by molar-refractivity contribution is 5.29. The van der Waals surface area contributed by atoms with Gasteiger partial charge in [0.25, 0.3) is 0 Å². The van der Waals surface area contributed by atoms with E-state index in [-0.39, 0.29) is 5.41 Å². The first-order valence-corrected chi connectivity index (χ1v) is 7.80.